The molecule has 4 heteroatoms. The minimum atomic E-state index is 0.463. The standard InChI is InChI=1S/C13H18ClNO2/c1-3-17-13-5-4-11(10-12(13)14)6-7-15(2)8-9-16/h4-5,9-10H,3,6-8H2,1-2H3. The largest absolute Gasteiger partial charge is 0.492 e. The predicted octanol–water partition coefficient (Wildman–Crippen LogP) is 2.41. The molecule has 0 amide bonds. The van der Waals surface area contributed by atoms with Gasteiger partial charge in [0.1, 0.15) is 12.0 Å². The molecule has 1 aromatic rings. The molecule has 0 aliphatic carbocycles. The number of ether oxygens (including phenoxy) is 1. The first-order chi connectivity index (χ1) is 8.17. The third-order valence-electron chi connectivity index (χ3n) is 2.46. The first-order valence-corrected chi connectivity index (χ1v) is 6.08. The Labute approximate surface area is 107 Å². The van der Waals surface area contributed by atoms with E-state index in [4.69, 9.17) is 16.3 Å². The zero-order valence-electron chi connectivity index (χ0n) is 10.3. The molecule has 94 valence electrons. The Balaban J connectivity index is 2.55. The van der Waals surface area contributed by atoms with Gasteiger partial charge in [0.05, 0.1) is 18.2 Å². The van der Waals surface area contributed by atoms with Crippen LogP contribution in [0.15, 0.2) is 18.2 Å². The number of aldehydes is 1. The lowest BCUT2D eigenvalue weighted by Gasteiger charge is -2.13. The van der Waals surface area contributed by atoms with E-state index in [0.29, 0.717) is 18.2 Å². The number of nitrogens with zero attached hydrogens (tertiary/aromatic N) is 1. The topological polar surface area (TPSA) is 29.5 Å². The van der Waals surface area contributed by atoms with Crippen LogP contribution >= 0.6 is 11.6 Å². The number of likely N-dealkylation sites (N-methyl/N-ethyl adjacent to an activating group) is 1. The SMILES string of the molecule is CCOc1ccc(CCN(C)CC=O)cc1Cl. The Morgan fingerprint density at radius 3 is 2.82 bits per heavy atom. The van der Waals surface area contributed by atoms with E-state index in [1.807, 2.05) is 37.1 Å². The molecule has 0 heterocycles. The van der Waals surface area contributed by atoms with E-state index < -0.39 is 0 Å². The lowest BCUT2D eigenvalue weighted by Crippen LogP contribution is -2.23. The summed E-state index contributed by atoms with van der Waals surface area (Å²) in [5.74, 6) is 0.721. The number of hydrogen-bond acceptors (Lipinski definition) is 3. The zero-order chi connectivity index (χ0) is 12.7. The van der Waals surface area contributed by atoms with E-state index in [-0.39, 0.29) is 0 Å². The van der Waals surface area contributed by atoms with Gasteiger partial charge in [-0.05, 0) is 38.1 Å². The molecule has 0 spiro atoms. The minimum Gasteiger partial charge on any atom is -0.492 e. The summed E-state index contributed by atoms with van der Waals surface area (Å²) in [4.78, 5) is 12.3. The van der Waals surface area contributed by atoms with E-state index in [1.165, 1.54) is 0 Å². The molecule has 0 saturated carbocycles. The van der Waals surface area contributed by atoms with Crippen molar-refractivity contribution < 1.29 is 9.53 Å². The summed E-state index contributed by atoms with van der Waals surface area (Å²) in [7, 11) is 1.92. The average Bonchev–Trinajstić information content (AvgIpc) is 2.30. The molecule has 0 aliphatic rings. The van der Waals surface area contributed by atoms with E-state index in [0.717, 1.165) is 30.6 Å². The highest BCUT2D eigenvalue weighted by molar-refractivity contribution is 6.32. The minimum absolute atomic E-state index is 0.463. The van der Waals surface area contributed by atoms with Crippen LogP contribution < -0.4 is 4.74 Å². The van der Waals surface area contributed by atoms with Crippen molar-refractivity contribution >= 4 is 17.9 Å². The van der Waals surface area contributed by atoms with Gasteiger partial charge in [-0.3, -0.25) is 4.90 Å². The second-order valence-corrected chi connectivity index (χ2v) is 4.28. The van der Waals surface area contributed by atoms with E-state index in [2.05, 4.69) is 0 Å². The summed E-state index contributed by atoms with van der Waals surface area (Å²) >= 11 is 6.09. The lowest BCUT2D eigenvalue weighted by molar-refractivity contribution is -0.108. The molecule has 0 aromatic heterocycles. The molecule has 0 unspecified atom stereocenters. The third-order valence-corrected chi connectivity index (χ3v) is 2.76. The van der Waals surface area contributed by atoms with Crippen molar-refractivity contribution in [2.24, 2.45) is 0 Å². The number of hydrogen-bond donors (Lipinski definition) is 0. The van der Waals surface area contributed by atoms with Gasteiger partial charge >= 0.3 is 0 Å². The van der Waals surface area contributed by atoms with Gasteiger partial charge in [-0.1, -0.05) is 17.7 Å². The molecule has 1 aromatic carbocycles. The van der Waals surface area contributed by atoms with Gasteiger partial charge in [-0.2, -0.15) is 0 Å². The molecule has 0 atom stereocenters. The first kappa shape index (κ1) is 14.0. The normalized spacial score (nSPS) is 10.6. The molecule has 0 bridgehead atoms. The van der Waals surface area contributed by atoms with Crippen molar-refractivity contribution in [2.45, 2.75) is 13.3 Å². The monoisotopic (exact) mass is 255 g/mol. The molecule has 0 radical (unpaired) electrons. The van der Waals surface area contributed by atoms with Gasteiger partial charge in [-0.15, -0.1) is 0 Å². The average molecular weight is 256 g/mol. The van der Waals surface area contributed by atoms with Gasteiger partial charge in [0.2, 0.25) is 0 Å². The van der Waals surface area contributed by atoms with Crippen molar-refractivity contribution in [1.29, 1.82) is 0 Å². The zero-order valence-corrected chi connectivity index (χ0v) is 11.0. The van der Waals surface area contributed by atoms with Crippen LogP contribution in [0.3, 0.4) is 0 Å². The Morgan fingerprint density at radius 2 is 2.24 bits per heavy atom. The van der Waals surface area contributed by atoms with Gasteiger partial charge in [-0.25, -0.2) is 0 Å². The van der Waals surface area contributed by atoms with Gasteiger partial charge in [0.25, 0.3) is 0 Å². The highest BCUT2D eigenvalue weighted by Gasteiger charge is 2.03. The maximum atomic E-state index is 10.3. The molecule has 17 heavy (non-hydrogen) atoms. The van der Waals surface area contributed by atoms with Crippen LogP contribution in [0.25, 0.3) is 0 Å². The Bertz CT molecular complexity index is 368. The summed E-state index contributed by atoms with van der Waals surface area (Å²) < 4.78 is 5.37. The summed E-state index contributed by atoms with van der Waals surface area (Å²) in [5, 5.41) is 0.641. The van der Waals surface area contributed by atoms with Crippen LogP contribution in [0.5, 0.6) is 5.75 Å². The van der Waals surface area contributed by atoms with E-state index in [9.17, 15) is 4.79 Å². The summed E-state index contributed by atoms with van der Waals surface area (Å²) in [6.45, 7) is 3.84. The second kappa shape index (κ2) is 7.30. The van der Waals surface area contributed by atoms with Crippen molar-refractivity contribution in [3.63, 3.8) is 0 Å². The van der Waals surface area contributed by atoms with Gasteiger partial charge in [0.15, 0.2) is 0 Å². The summed E-state index contributed by atoms with van der Waals surface area (Å²) in [5.41, 5.74) is 1.15. The number of halogens is 1. The van der Waals surface area contributed by atoms with Crippen molar-refractivity contribution in [3.05, 3.63) is 28.8 Å². The Hall–Kier alpha value is -1.06. The Morgan fingerprint density at radius 1 is 1.47 bits per heavy atom. The number of rotatable bonds is 7. The maximum absolute atomic E-state index is 10.3. The van der Waals surface area contributed by atoms with Crippen LogP contribution in [0, 0.1) is 0 Å². The van der Waals surface area contributed by atoms with Crippen LogP contribution in [0.1, 0.15) is 12.5 Å². The molecule has 0 aliphatic heterocycles. The molecular formula is C13H18ClNO2. The number of benzene rings is 1. The van der Waals surface area contributed by atoms with Crippen molar-refractivity contribution in [1.82, 2.24) is 4.90 Å². The van der Waals surface area contributed by atoms with Crippen LogP contribution in [-0.4, -0.2) is 37.9 Å². The highest BCUT2D eigenvalue weighted by atomic mass is 35.5. The molecule has 0 N–H and O–H groups in total. The molecule has 0 fully saturated rings. The van der Waals surface area contributed by atoms with Crippen LogP contribution in [0.4, 0.5) is 0 Å². The maximum Gasteiger partial charge on any atom is 0.137 e. The highest BCUT2D eigenvalue weighted by Crippen LogP contribution is 2.25. The first-order valence-electron chi connectivity index (χ1n) is 5.70. The van der Waals surface area contributed by atoms with E-state index in [1.54, 1.807) is 0 Å². The fraction of sp³-hybridized carbons (Fsp3) is 0.462. The number of carbonyl (C=O) groups is 1. The van der Waals surface area contributed by atoms with Crippen molar-refractivity contribution in [2.75, 3.05) is 26.7 Å². The van der Waals surface area contributed by atoms with E-state index >= 15 is 0 Å². The molecule has 0 saturated heterocycles. The van der Waals surface area contributed by atoms with Gasteiger partial charge in [0, 0.05) is 6.54 Å². The fourth-order valence-corrected chi connectivity index (χ4v) is 1.77. The molecular weight excluding hydrogens is 238 g/mol. The predicted molar refractivity (Wildman–Crippen MR) is 69.9 cm³/mol. The molecule has 3 nitrogen and oxygen atoms in total. The Kier molecular flexibility index (Phi) is 6.01. The summed E-state index contributed by atoms with van der Waals surface area (Å²) in [6.07, 6.45) is 1.78. The van der Waals surface area contributed by atoms with Crippen LogP contribution in [0.2, 0.25) is 5.02 Å². The number of carbonyl (C=O) groups excluding carboxylic acids is 1. The van der Waals surface area contributed by atoms with Gasteiger partial charge < -0.3 is 9.53 Å². The smallest absolute Gasteiger partial charge is 0.137 e. The third kappa shape index (κ3) is 4.75. The molecule has 1 rings (SSSR count). The second-order valence-electron chi connectivity index (χ2n) is 3.88. The van der Waals surface area contributed by atoms with Crippen molar-refractivity contribution in [3.8, 4) is 5.75 Å². The quantitative estimate of drug-likeness (QED) is 0.701. The van der Waals surface area contributed by atoms with Crippen LogP contribution in [-0.2, 0) is 11.2 Å². The fourth-order valence-electron chi connectivity index (χ4n) is 1.51. The lowest BCUT2D eigenvalue weighted by atomic mass is 10.1. The summed E-state index contributed by atoms with van der Waals surface area (Å²) in [6, 6.07) is 5.81.